The van der Waals surface area contributed by atoms with Crippen LogP contribution in [0, 0.1) is 11.8 Å². The van der Waals surface area contributed by atoms with Crippen LogP contribution in [0.3, 0.4) is 0 Å². The SMILES string of the molecule is COC(=O)[C@H]1[C@H](CN)C1(F)F. The Labute approximate surface area is 62.5 Å². The van der Waals surface area contributed by atoms with E-state index >= 15 is 0 Å². The van der Waals surface area contributed by atoms with Crippen molar-refractivity contribution in [1.29, 1.82) is 0 Å². The largest absolute Gasteiger partial charge is 0.469 e. The highest BCUT2D eigenvalue weighted by molar-refractivity contribution is 5.78. The molecule has 0 unspecified atom stereocenters. The Bertz CT molecular complexity index is 183. The summed E-state index contributed by atoms with van der Waals surface area (Å²) in [6.45, 7) is -0.174. The second kappa shape index (κ2) is 2.41. The van der Waals surface area contributed by atoms with E-state index in [1.54, 1.807) is 0 Å². The third kappa shape index (κ3) is 1.09. The minimum Gasteiger partial charge on any atom is -0.469 e. The van der Waals surface area contributed by atoms with Gasteiger partial charge in [-0.05, 0) is 0 Å². The van der Waals surface area contributed by atoms with Crippen LogP contribution in [0.1, 0.15) is 0 Å². The third-order valence-corrected chi connectivity index (χ3v) is 1.91. The van der Waals surface area contributed by atoms with E-state index in [4.69, 9.17) is 5.73 Å². The van der Waals surface area contributed by atoms with E-state index in [1.807, 2.05) is 0 Å². The summed E-state index contributed by atoms with van der Waals surface area (Å²) in [5.41, 5.74) is 5.00. The van der Waals surface area contributed by atoms with Gasteiger partial charge in [0.15, 0.2) is 0 Å². The maximum atomic E-state index is 12.5. The second-order valence-electron chi connectivity index (χ2n) is 2.52. The highest BCUT2D eigenvalue weighted by Gasteiger charge is 2.71. The number of carbonyl (C=O) groups is 1. The lowest BCUT2D eigenvalue weighted by Crippen LogP contribution is -2.09. The van der Waals surface area contributed by atoms with E-state index in [0.29, 0.717) is 0 Å². The van der Waals surface area contributed by atoms with Crippen LogP contribution in [-0.2, 0) is 9.53 Å². The Balaban J connectivity index is 2.58. The van der Waals surface area contributed by atoms with Crippen molar-refractivity contribution in [2.75, 3.05) is 13.7 Å². The number of hydrogen-bond donors (Lipinski definition) is 1. The second-order valence-corrected chi connectivity index (χ2v) is 2.52. The lowest BCUT2D eigenvalue weighted by molar-refractivity contribution is -0.144. The monoisotopic (exact) mass is 165 g/mol. The summed E-state index contributed by atoms with van der Waals surface area (Å²) in [4.78, 5) is 10.6. The van der Waals surface area contributed by atoms with Crippen molar-refractivity contribution in [2.24, 2.45) is 17.6 Å². The standard InChI is InChI=1S/C6H9F2NO2/c1-11-5(10)4-3(2-9)6(4,7)8/h3-4H,2,9H2,1H3/t3-,4+/m0/s1. The summed E-state index contributed by atoms with van der Waals surface area (Å²) < 4.78 is 29.2. The Kier molecular flexibility index (Phi) is 1.83. The molecule has 0 heterocycles. The fourth-order valence-corrected chi connectivity index (χ4v) is 1.13. The van der Waals surface area contributed by atoms with E-state index in [9.17, 15) is 13.6 Å². The van der Waals surface area contributed by atoms with Crippen molar-refractivity contribution >= 4 is 5.97 Å². The molecule has 0 bridgehead atoms. The molecule has 0 aromatic rings. The Morgan fingerprint density at radius 3 is 2.55 bits per heavy atom. The van der Waals surface area contributed by atoms with Gasteiger partial charge in [-0.1, -0.05) is 0 Å². The molecule has 2 atom stereocenters. The van der Waals surface area contributed by atoms with E-state index in [0.717, 1.165) is 7.11 Å². The first-order valence-electron chi connectivity index (χ1n) is 3.21. The van der Waals surface area contributed by atoms with Crippen molar-refractivity contribution < 1.29 is 18.3 Å². The van der Waals surface area contributed by atoms with Gasteiger partial charge >= 0.3 is 5.97 Å². The summed E-state index contributed by atoms with van der Waals surface area (Å²) in [7, 11) is 1.09. The number of methoxy groups -OCH3 is 1. The van der Waals surface area contributed by atoms with Crippen LogP contribution in [0.2, 0.25) is 0 Å². The van der Waals surface area contributed by atoms with Crippen LogP contribution in [0.4, 0.5) is 8.78 Å². The fraction of sp³-hybridized carbons (Fsp3) is 0.833. The molecule has 1 saturated carbocycles. The molecule has 0 amide bonds. The number of rotatable bonds is 2. The highest BCUT2D eigenvalue weighted by atomic mass is 19.3. The number of esters is 1. The van der Waals surface area contributed by atoms with Gasteiger partial charge in [-0.15, -0.1) is 0 Å². The lowest BCUT2D eigenvalue weighted by atomic mass is 10.3. The molecule has 3 nitrogen and oxygen atoms in total. The van der Waals surface area contributed by atoms with Gasteiger partial charge in [0, 0.05) is 6.54 Å². The first kappa shape index (κ1) is 8.39. The Morgan fingerprint density at radius 2 is 2.27 bits per heavy atom. The van der Waals surface area contributed by atoms with Gasteiger partial charge in [-0.2, -0.15) is 0 Å². The number of carbonyl (C=O) groups excluding carboxylic acids is 1. The quantitative estimate of drug-likeness (QED) is 0.586. The smallest absolute Gasteiger partial charge is 0.315 e. The van der Waals surface area contributed by atoms with Gasteiger partial charge in [0.2, 0.25) is 0 Å². The minimum absolute atomic E-state index is 0.174. The molecule has 64 valence electrons. The van der Waals surface area contributed by atoms with Gasteiger partial charge < -0.3 is 10.5 Å². The summed E-state index contributed by atoms with van der Waals surface area (Å²) >= 11 is 0. The first-order valence-corrected chi connectivity index (χ1v) is 3.21. The van der Waals surface area contributed by atoms with E-state index < -0.39 is 23.7 Å². The molecular weight excluding hydrogens is 156 g/mol. The molecule has 0 radical (unpaired) electrons. The van der Waals surface area contributed by atoms with Gasteiger partial charge in [-0.3, -0.25) is 4.79 Å². The van der Waals surface area contributed by atoms with Crippen LogP contribution in [0.25, 0.3) is 0 Å². The summed E-state index contributed by atoms with van der Waals surface area (Å²) in [5, 5.41) is 0. The van der Waals surface area contributed by atoms with E-state index in [2.05, 4.69) is 4.74 Å². The number of ether oxygens (including phenoxy) is 1. The zero-order chi connectivity index (χ0) is 8.65. The molecule has 1 fully saturated rings. The van der Waals surface area contributed by atoms with Gasteiger partial charge in [0.1, 0.15) is 5.92 Å². The van der Waals surface area contributed by atoms with E-state index in [1.165, 1.54) is 0 Å². The van der Waals surface area contributed by atoms with Crippen molar-refractivity contribution in [2.45, 2.75) is 5.92 Å². The van der Waals surface area contributed by atoms with Crippen molar-refractivity contribution in [1.82, 2.24) is 0 Å². The third-order valence-electron chi connectivity index (χ3n) is 1.91. The molecule has 0 spiro atoms. The minimum atomic E-state index is -2.94. The molecule has 1 aliphatic carbocycles. The molecule has 11 heavy (non-hydrogen) atoms. The highest BCUT2D eigenvalue weighted by Crippen LogP contribution is 2.54. The molecule has 1 rings (SSSR count). The Morgan fingerprint density at radius 1 is 1.73 bits per heavy atom. The van der Waals surface area contributed by atoms with Gasteiger partial charge in [-0.25, -0.2) is 8.78 Å². The fourth-order valence-electron chi connectivity index (χ4n) is 1.13. The number of halogens is 2. The predicted octanol–water partition coefficient (Wildman–Crippen LogP) is -0.000600. The summed E-state index contributed by atoms with van der Waals surface area (Å²) in [6.07, 6.45) is 0. The normalized spacial score (nSPS) is 33.1. The maximum Gasteiger partial charge on any atom is 0.315 e. The van der Waals surface area contributed by atoms with E-state index in [-0.39, 0.29) is 6.54 Å². The van der Waals surface area contributed by atoms with Gasteiger partial charge in [0.05, 0.1) is 13.0 Å². The van der Waals surface area contributed by atoms with Gasteiger partial charge in [0.25, 0.3) is 5.92 Å². The average Bonchev–Trinajstić information content (AvgIpc) is 2.51. The van der Waals surface area contributed by atoms with Crippen molar-refractivity contribution in [3.8, 4) is 0 Å². The van der Waals surface area contributed by atoms with Crippen molar-refractivity contribution in [3.63, 3.8) is 0 Å². The topological polar surface area (TPSA) is 52.3 Å². The first-order chi connectivity index (χ1) is 5.05. The summed E-state index contributed by atoms with van der Waals surface area (Å²) in [6, 6.07) is 0. The van der Waals surface area contributed by atoms with Crippen LogP contribution >= 0.6 is 0 Å². The molecule has 1 aliphatic rings. The number of nitrogens with two attached hydrogens (primary N) is 1. The molecule has 2 N–H and O–H groups in total. The lowest BCUT2D eigenvalue weighted by Gasteiger charge is -1.93. The molecule has 0 aromatic carbocycles. The summed E-state index contributed by atoms with van der Waals surface area (Å²) in [5.74, 6) is -6.14. The zero-order valence-electron chi connectivity index (χ0n) is 6.01. The average molecular weight is 165 g/mol. The van der Waals surface area contributed by atoms with Crippen LogP contribution < -0.4 is 5.73 Å². The molecule has 5 heteroatoms. The maximum absolute atomic E-state index is 12.5. The molecular formula is C6H9F2NO2. The zero-order valence-corrected chi connectivity index (χ0v) is 6.01. The van der Waals surface area contributed by atoms with Crippen LogP contribution in [-0.4, -0.2) is 25.5 Å². The predicted molar refractivity (Wildman–Crippen MR) is 33.0 cm³/mol. The Hall–Kier alpha value is -0.710. The number of alkyl halides is 2. The molecule has 0 aromatic heterocycles. The molecule has 0 aliphatic heterocycles. The van der Waals surface area contributed by atoms with Crippen molar-refractivity contribution in [3.05, 3.63) is 0 Å². The number of hydrogen-bond acceptors (Lipinski definition) is 3. The molecule has 0 saturated heterocycles. The van der Waals surface area contributed by atoms with Crippen LogP contribution in [0.15, 0.2) is 0 Å². The van der Waals surface area contributed by atoms with Crippen LogP contribution in [0.5, 0.6) is 0 Å².